The van der Waals surface area contributed by atoms with Gasteiger partial charge in [0.05, 0.1) is 0 Å². The summed E-state index contributed by atoms with van der Waals surface area (Å²) in [6.07, 6.45) is 5.59. The van der Waals surface area contributed by atoms with E-state index in [-0.39, 0.29) is 0 Å². The Hall–Kier alpha value is -0.370. The smallest absolute Gasteiger partial charge is 0.123 e. The zero-order valence-electron chi connectivity index (χ0n) is 7.79. The molecular weight excluding hydrogens is 152 g/mol. The summed E-state index contributed by atoms with van der Waals surface area (Å²) in [5.41, 5.74) is 0. The van der Waals surface area contributed by atoms with Crippen molar-refractivity contribution in [3.63, 3.8) is 0 Å². The third-order valence-corrected chi connectivity index (χ3v) is 2.64. The van der Waals surface area contributed by atoms with E-state index in [1.165, 1.54) is 12.8 Å². The Bertz CT molecular complexity index is 126. The molecule has 1 rings (SSSR count). The molecule has 0 heterocycles. The molecule has 0 atom stereocenters. The number of aldehydes is 1. The van der Waals surface area contributed by atoms with Crippen LogP contribution in [-0.2, 0) is 9.53 Å². The largest absolute Gasteiger partial charge is 0.381 e. The van der Waals surface area contributed by atoms with Crippen LogP contribution in [-0.4, -0.2) is 19.5 Å². The molecule has 12 heavy (non-hydrogen) atoms. The van der Waals surface area contributed by atoms with Gasteiger partial charge in [-0.1, -0.05) is 0 Å². The highest BCUT2D eigenvalue weighted by molar-refractivity contribution is 5.53. The van der Waals surface area contributed by atoms with Crippen molar-refractivity contribution in [2.75, 3.05) is 13.2 Å². The van der Waals surface area contributed by atoms with Crippen molar-refractivity contribution < 1.29 is 9.53 Å². The van der Waals surface area contributed by atoms with E-state index in [0.717, 1.165) is 32.3 Å². The fourth-order valence-corrected chi connectivity index (χ4v) is 1.78. The molecule has 1 aliphatic rings. The summed E-state index contributed by atoms with van der Waals surface area (Å²) in [6, 6.07) is 0. The molecule has 2 heteroatoms. The molecule has 0 aromatic rings. The van der Waals surface area contributed by atoms with Crippen LogP contribution >= 0.6 is 0 Å². The quantitative estimate of drug-likeness (QED) is 0.603. The number of hydrogen-bond acceptors (Lipinski definition) is 2. The highest BCUT2D eigenvalue weighted by Crippen LogP contribution is 2.27. The molecule has 70 valence electrons. The molecule has 0 bridgehead atoms. The summed E-state index contributed by atoms with van der Waals surface area (Å²) in [5, 5.41) is 0. The Morgan fingerprint density at radius 2 is 2.00 bits per heavy atom. The number of rotatable bonds is 4. The van der Waals surface area contributed by atoms with Gasteiger partial charge in [0.2, 0.25) is 0 Å². The van der Waals surface area contributed by atoms with Crippen LogP contribution in [0.5, 0.6) is 0 Å². The molecular formula is C10H18O2. The Morgan fingerprint density at radius 3 is 2.50 bits per heavy atom. The van der Waals surface area contributed by atoms with Crippen molar-refractivity contribution in [2.24, 2.45) is 11.8 Å². The molecule has 0 amide bonds. The molecule has 0 unspecified atom stereocenters. The van der Waals surface area contributed by atoms with E-state index in [1.807, 2.05) is 6.92 Å². The predicted octanol–water partition coefficient (Wildman–Crippen LogP) is 2.03. The first-order valence-corrected chi connectivity index (χ1v) is 4.89. The zero-order valence-corrected chi connectivity index (χ0v) is 7.79. The SMILES string of the molecule is CCOCC1CCC(C=O)CC1. The fraction of sp³-hybridized carbons (Fsp3) is 0.900. The van der Waals surface area contributed by atoms with Crippen molar-refractivity contribution in [1.29, 1.82) is 0 Å². The van der Waals surface area contributed by atoms with E-state index in [4.69, 9.17) is 4.74 Å². The van der Waals surface area contributed by atoms with E-state index in [9.17, 15) is 4.79 Å². The summed E-state index contributed by atoms with van der Waals surface area (Å²) in [7, 11) is 0. The normalized spacial score (nSPS) is 30.1. The predicted molar refractivity (Wildman–Crippen MR) is 48.0 cm³/mol. The average Bonchev–Trinajstić information content (AvgIpc) is 2.15. The fourth-order valence-electron chi connectivity index (χ4n) is 1.78. The van der Waals surface area contributed by atoms with E-state index in [0.29, 0.717) is 11.8 Å². The lowest BCUT2D eigenvalue weighted by Gasteiger charge is -2.24. The van der Waals surface area contributed by atoms with Crippen molar-refractivity contribution in [3.05, 3.63) is 0 Å². The van der Waals surface area contributed by atoms with Crippen LogP contribution < -0.4 is 0 Å². The molecule has 1 aliphatic carbocycles. The van der Waals surface area contributed by atoms with Crippen molar-refractivity contribution in [2.45, 2.75) is 32.6 Å². The van der Waals surface area contributed by atoms with Gasteiger partial charge in [-0.15, -0.1) is 0 Å². The van der Waals surface area contributed by atoms with Crippen LogP contribution in [0, 0.1) is 11.8 Å². The molecule has 1 fully saturated rings. The van der Waals surface area contributed by atoms with E-state index < -0.39 is 0 Å². The molecule has 1 saturated carbocycles. The lowest BCUT2D eigenvalue weighted by molar-refractivity contribution is -0.112. The van der Waals surface area contributed by atoms with Crippen LogP contribution in [0.3, 0.4) is 0 Å². The number of carbonyl (C=O) groups excluding carboxylic acids is 1. The topological polar surface area (TPSA) is 26.3 Å². The summed E-state index contributed by atoms with van der Waals surface area (Å²) < 4.78 is 5.35. The molecule has 2 nitrogen and oxygen atoms in total. The maximum atomic E-state index is 10.4. The standard InChI is InChI=1S/C10H18O2/c1-2-12-8-10-5-3-9(7-11)4-6-10/h7,9-10H,2-6,8H2,1H3. The summed E-state index contributed by atoms with van der Waals surface area (Å²) in [5.74, 6) is 1.05. The van der Waals surface area contributed by atoms with Gasteiger partial charge in [0.15, 0.2) is 0 Å². The molecule has 0 radical (unpaired) electrons. The van der Waals surface area contributed by atoms with Crippen LogP contribution in [0.15, 0.2) is 0 Å². The van der Waals surface area contributed by atoms with Crippen molar-refractivity contribution in [1.82, 2.24) is 0 Å². The van der Waals surface area contributed by atoms with Gasteiger partial charge in [0, 0.05) is 19.1 Å². The van der Waals surface area contributed by atoms with Gasteiger partial charge in [-0.25, -0.2) is 0 Å². The molecule has 0 aromatic carbocycles. The molecule has 0 N–H and O–H groups in total. The summed E-state index contributed by atoms with van der Waals surface area (Å²) in [6.45, 7) is 3.73. The van der Waals surface area contributed by atoms with Crippen molar-refractivity contribution >= 4 is 6.29 Å². The third-order valence-electron chi connectivity index (χ3n) is 2.64. The van der Waals surface area contributed by atoms with Gasteiger partial charge in [-0.2, -0.15) is 0 Å². The number of hydrogen-bond donors (Lipinski definition) is 0. The van der Waals surface area contributed by atoms with Gasteiger partial charge < -0.3 is 9.53 Å². The van der Waals surface area contributed by atoms with E-state index in [1.54, 1.807) is 0 Å². The zero-order chi connectivity index (χ0) is 8.81. The first-order valence-electron chi connectivity index (χ1n) is 4.89. The summed E-state index contributed by atoms with van der Waals surface area (Å²) in [4.78, 5) is 10.4. The first kappa shape index (κ1) is 9.72. The third kappa shape index (κ3) is 2.94. The maximum absolute atomic E-state index is 10.4. The lowest BCUT2D eigenvalue weighted by atomic mass is 9.83. The lowest BCUT2D eigenvalue weighted by Crippen LogP contribution is -2.19. The molecule has 0 saturated heterocycles. The molecule has 0 aromatic heterocycles. The minimum atomic E-state index is 0.336. The Morgan fingerprint density at radius 1 is 1.33 bits per heavy atom. The van der Waals surface area contributed by atoms with Crippen LogP contribution in [0.1, 0.15) is 32.6 Å². The van der Waals surface area contributed by atoms with Gasteiger partial charge in [0.1, 0.15) is 6.29 Å². The van der Waals surface area contributed by atoms with Gasteiger partial charge in [-0.3, -0.25) is 0 Å². The monoisotopic (exact) mass is 170 g/mol. The van der Waals surface area contributed by atoms with E-state index in [2.05, 4.69) is 0 Å². The van der Waals surface area contributed by atoms with E-state index >= 15 is 0 Å². The van der Waals surface area contributed by atoms with Crippen LogP contribution in [0.4, 0.5) is 0 Å². The van der Waals surface area contributed by atoms with Gasteiger partial charge in [0.25, 0.3) is 0 Å². The number of carbonyl (C=O) groups is 1. The maximum Gasteiger partial charge on any atom is 0.123 e. The van der Waals surface area contributed by atoms with Gasteiger partial charge in [-0.05, 0) is 38.5 Å². The van der Waals surface area contributed by atoms with Crippen molar-refractivity contribution in [3.8, 4) is 0 Å². The molecule has 0 aliphatic heterocycles. The highest BCUT2D eigenvalue weighted by atomic mass is 16.5. The van der Waals surface area contributed by atoms with Crippen LogP contribution in [0.2, 0.25) is 0 Å². The molecule has 0 spiro atoms. The second-order valence-corrected chi connectivity index (χ2v) is 3.58. The Labute approximate surface area is 74.3 Å². The van der Waals surface area contributed by atoms with Crippen LogP contribution in [0.25, 0.3) is 0 Å². The Kier molecular flexibility index (Phi) is 4.30. The minimum Gasteiger partial charge on any atom is -0.381 e. The second kappa shape index (κ2) is 5.31. The first-order chi connectivity index (χ1) is 5.86. The second-order valence-electron chi connectivity index (χ2n) is 3.58. The number of ether oxygens (including phenoxy) is 1. The average molecular weight is 170 g/mol. The minimum absolute atomic E-state index is 0.336. The Balaban J connectivity index is 2.12. The van der Waals surface area contributed by atoms with Gasteiger partial charge >= 0.3 is 0 Å². The summed E-state index contributed by atoms with van der Waals surface area (Å²) >= 11 is 0. The highest BCUT2D eigenvalue weighted by Gasteiger charge is 2.20.